The quantitative estimate of drug-likeness (QED) is 0.440. The molecule has 2 N–H and O–H groups in total. The fourth-order valence-corrected chi connectivity index (χ4v) is 3.12. The van der Waals surface area contributed by atoms with Gasteiger partial charge in [-0.3, -0.25) is 4.57 Å². The highest BCUT2D eigenvalue weighted by Crippen LogP contribution is 2.25. The van der Waals surface area contributed by atoms with E-state index in [1.165, 1.54) is 0 Å². The summed E-state index contributed by atoms with van der Waals surface area (Å²) in [6, 6.07) is 13.7. The van der Waals surface area contributed by atoms with Crippen molar-refractivity contribution >= 4 is 29.0 Å². The Morgan fingerprint density at radius 2 is 1.84 bits per heavy atom. The van der Waals surface area contributed by atoms with Crippen LogP contribution in [-0.4, -0.2) is 25.6 Å². The molecule has 0 atom stereocenters. The Morgan fingerprint density at radius 3 is 2.55 bits per heavy atom. The van der Waals surface area contributed by atoms with E-state index in [4.69, 9.17) is 16.3 Å². The van der Waals surface area contributed by atoms with Crippen LogP contribution in [0.1, 0.15) is 11.4 Å². The number of nitrogens with one attached hydrogen (secondary N) is 2. The Hall–Kier alpha value is -3.91. The van der Waals surface area contributed by atoms with Crippen LogP contribution in [0.2, 0.25) is 5.02 Å². The second-order valence-corrected chi connectivity index (χ2v) is 7.18. The molecule has 0 aliphatic heterocycles. The Bertz CT molecular complexity index is 1210. The van der Waals surface area contributed by atoms with Gasteiger partial charge in [0, 0.05) is 24.1 Å². The number of carbonyl (C=O) groups excluding carboxylic acids is 1. The van der Waals surface area contributed by atoms with Crippen LogP contribution < -0.4 is 15.4 Å². The summed E-state index contributed by atoms with van der Waals surface area (Å²) in [4.78, 5) is 25.0. The van der Waals surface area contributed by atoms with Crippen LogP contribution in [0.15, 0.2) is 67.3 Å². The lowest BCUT2D eigenvalue weighted by molar-refractivity contribution is 0.262. The van der Waals surface area contributed by atoms with Gasteiger partial charge in [0.15, 0.2) is 0 Å². The third-order valence-electron chi connectivity index (χ3n) is 4.28. The molecule has 0 aliphatic carbocycles. The monoisotopic (exact) mass is 434 g/mol. The first kappa shape index (κ1) is 20.4. The summed E-state index contributed by atoms with van der Waals surface area (Å²) in [6.45, 7) is 3.72. The molecule has 2 aromatic heterocycles. The van der Waals surface area contributed by atoms with Gasteiger partial charge < -0.3 is 15.4 Å². The van der Waals surface area contributed by atoms with Crippen LogP contribution in [0.4, 0.5) is 16.2 Å². The van der Waals surface area contributed by atoms with Gasteiger partial charge in [0.25, 0.3) is 0 Å². The van der Waals surface area contributed by atoms with Crippen molar-refractivity contribution in [3.8, 4) is 17.4 Å². The SMILES string of the molecule is Cc1ccc(NC(=O)Nc2ccc(Oc3cc(-n4ccnc4)nc(C)n3)cc2)c(Cl)c1. The maximum absolute atomic E-state index is 12.2. The largest absolute Gasteiger partial charge is 0.439 e. The highest BCUT2D eigenvalue weighted by atomic mass is 35.5. The predicted molar refractivity (Wildman–Crippen MR) is 119 cm³/mol. The van der Waals surface area contributed by atoms with E-state index in [1.54, 1.807) is 72.7 Å². The van der Waals surface area contributed by atoms with E-state index in [9.17, 15) is 4.79 Å². The zero-order chi connectivity index (χ0) is 21.8. The van der Waals surface area contributed by atoms with Crippen LogP contribution in [-0.2, 0) is 0 Å². The van der Waals surface area contributed by atoms with Crippen LogP contribution >= 0.6 is 11.6 Å². The number of halogens is 1. The highest BCUT2D eigenvalue weighted by molar-refractivity contribution is 6.33. The van der Waals surface area contributed by atoms with E-state index in [2.05, 4.69) is 25.6 Å². The summed E-state index contributed by atoms with van der Waals surface area (Å²) >= 11 is 6.15. The van der Waals surface area contributed by atoms with Gasteiger partial charge in [0.05, 0.1) is 10.7 Å². The van der Waals surface area contributed by atoms with Crippen LogP contribution in [0, 0.1) is 13.8 Å². The maximum atomic E-state index is 12.2. The molecule has 9 heteroatoms. The van der Waals surface area contributed by atoms with Gasteiger partial charge in [-0.25, -0.2) is 14.8 Å². The molecule has 0 bridgehead atoms. The number of hydrogen-bond acceptors (Lipinski definition) is 5. The molecule has 0 radical (unpaired) electrons. The standard InChI is InChI=1S/C22H19ClN6O2/c1-14-3-8-19(18(23)11-14)28-22(30)27-16-4-6-17(7-5-16)31-21-12-20(25-15(2)26-21)29-10-9-24-13-29/h3-13H,1-2H3,(H2,27,28,30). The van der Waals surface area contributed by atoms with Crippen molar-refractivity contribution in [1.82, 2.24) is 19.5 Å². The molecule has 0 fully saturated rings. The number of aromatic nitrogens is 4. The summed E-state index contributed by atoms with van der Waals surface area (Å²) in [6.07, 6.45) is 5.12. The predicted octanol–water partition coefficient (Wildman–Crippen LogP) is 5.37. The normalized spacial score (nSPS) is 10.5. The van der Waals surface area contributed by atoms with Crippen molar-refractivity contribution in [2.45, 2.75) is 13.8 Å². The smallest absolute Gasteiger partial charge is 0.323 e. The number of nitrogens with zero attached hydrogens (tertiary/aromatic N) is 4. The number of anilines is 2. The summed E-state index contributed by atoms with van der Waals surface area (Å²) in [5.41, 5.74) is 2.16. The zero-order valence-corrected chi connectivity index (χ0v) is 17.6. The molecular weight excluding hydrogens is 416 g/mol. The Labute approximate surface area is 183 Å². The highest BCUT2D eigenvalue weighted by Gasteiger charge is 2.08. The van der Waals surface area contributed by atoms with Crippen molar-refractivity contribution in [2.24, 2.45) is 0 Å². The molecular formula is C22H19ClN6O2. The second-order valence-electron chi connectivity index (χ2n) is 6.77. The average Bonchev–Trinajstić information content (AvgIpc) is 3.26. The number of urea groups is 1. The lowest BCUT2D eigenvalue weighted by atomic mass is 10.2. The maximum Gasteiger partial charge on any atom is 0.323 e. The number of imidazole rings is 1. The van der Waals surface area contributed by atoms with E-state index in [0.717, 1.165) is 5.56 Å². The molecule has 0 unspecified atom stereocenters. The Balaban J connectivity index is 1.41. The van der Waals surface area contributed by atoms with Gasteiger partial charge in [-0.1, -0.05) is 17.7 Å². The number of aryl methyl sites for hydroxylation is 2. The number of hydrogen-bond donors (Lipinski definition) is 2. The topological polar surface area (TPSA) is 94.0 Å². The van der Waals surface area contributed by atoms with Crippen LogP contribution in [0.5, 0.6) is 11.6 Å². The first-order valence-corrected chi connectivity index (χ1v) is 9.80. The lowest BCUT2D eigenvalue weighted by Gasteiger charge is -2.11. The van der Waals surface area contributed by atoms with E-state index in [1.807, 2.05) is 13.0 Å². The van der Waals surface area contributed by atoms with Gasteiger partial charge in [-0.15, -0.1) is 0 Å². The molecule has 0 aliphatic rings. The molecule has 2 amide bonds. The van der Waals surface area contributed by atoms with Crippen molar-refractivity contribution in [2.75, 3.05) is 10.6 Å². The molecule has 0 saturated heterocycles. The second kappa shape index (κ2) is 8.85. The van der Waals surface area contributed by atoms with Crippen molar-refractivity contribution < 1.29 is 9.53 Å². The number of carbonyl (C=O) groups is 1. The zero-order valence-electron chi connectivity index (χ0n) is 16.8. The first-order valence-electron chi connectivity index (χ1n) is 9.42. The minimum Gasteiger partial charge on any atom is -0.439 e. The van der Waals surface area contributed by atoms with Gasteiger partial charge in [0.1, 0.15) is 23.7 Å². The number of ether oxygens (including phenoxy) is 1. The van der Waals surface area contributed by atoms with E-state index in [-0.39, 0.29) is 0 Å². The molecule has 2 aromatic carbocycles. The van der Waals surface area contributed by atoms with Gasteiger partial charge in [-0.2, -0.15) is 4.98 Å². The van der Waals surface area contributed by atoms with Gasteiger partial charge >= 0.3 is 6.03 Å². The van der Waals surface area contributed by atoms with Gasteiger partial charge in [-0.05, 0) is 55.8 Å². The number of rotatable bonds is 5. The average molecular weight is 435 g/mol. The Kier molecular flexibility index (Phi) is 5.81. The minimum absolute atomic E-state index is 0.393. The van der Waals surface area contributed by atoms with E-state index in [0.29, 0.717) is 39.7 Å². The third-order valence-corrected chi connectivity index (χ3v) is 4.59. The van der Waals surface area contributed by atoms with E-state index < -0.39 is 6.03 Å². The van der Waals surface area contributed by atoms with Crippen molar-refractivity contribution in [3.05, 3.63) is 83.7 Å². The Morgan fingerprint density at radius 1 is 1.03 bits per heavy atom. The summed E-state index contributed by atoms with van der Waals surface area (Å²) in [5.74, 6) is 2.21. The molecule has 156 valence electrons. The number of amides is 2. The molecule has 0 saturated carbocycles. The third kappa shape index (κ3) is 5.18. The van der Waals surface area contributed by atoms with Crippen molar-refractivity contribution in [3.63, 3.8) is 0 Å². The molecule has 2 heterocycles. The summed E-state index contributed by atoms with van der Waals surface area (Å²) < 4.78 is 7.62. The van der Waals surface area contributed by atoms with E-state index >= 15 is 0 Å². The molecule has 31 heavy (non-hydrogen) atoms. The molecule has 0 spiro atoms. The van der Waals surface area contributed by atoms with Gasteiger partial charge in [0.2, 0.25) is 5.88 Å². The number of benzene rings is 2. The lowest BCUT2D eigenvalue weighted by Crippen LogP contribution is -2.19. The molecule has 8 nitrogen and oxygen atoms in total. The molecule has 4 aromatic rings. The summed E-state index contributed by atoms with van der Waals surface area (Å²) in [5, 5.41) is 5.97. The van der Waals surface area contributed by atoms with Crippen molar-refractivity contribution in [1.29, 1.82) is 0 Å². The fourth-order valence-electron chi connectivity index (χ4n) is 2.84. The minimum atomic E-state index is -0.393. The van der Waals surface area contributed by atoms with Crippen LogP contribution in [0.3, 0.4) is 0 Å². The molecule has 4 rings (SSSR count). The van der Waals surface area contributed by atoms with Crippen LogP contribution in [0.25, 0.3) is 5.82 Å². The summed E-state index contributed by atoms with van der Waals surface area (Å²) in [7, 11) is 0. The first-order chi connectivity index (χ1) is 15.0. The fraction of sp³-hybridized carbons (Fsp3) is 0.0909.